The van der Waals surface area contributed by atoms with Crippen LogP contribution in [0.4, 0.5) is 4.39 Å². The summed E-state index contributed by atoms with van der Waals surface area (Å²) in [5.41, 5.74) is 2.40. The summed E-state index contributed by atoms with van der Waals surface area (Å²) >= 11 is 0. The topological polar surface area (TPSA) is 52.6 Å². The summed E-state index contributed by atoms with van der Waals surface area (Å²) in [6.45, 7) is 12.8. The standard InChI is InChI=1S/C17H13FO4.C4H8/c1-11(2)17(20)22-13-5-3-12(4-6-13)15-8-7-14(21-10-19)9-16(15)18;1-4(2)3/h3-10H,1H2,2H3;1H2,2-3H3. The Morgan fingerprint density at radius 3 is 2.00 bits per heavy atom. The number of carbonyl (C=O) groups excluding carboxylic acids is 2. The molecule has 0 saturated carbocycles. The van der Waals surface area contributed by atoms with Gasteiger partial charge in [-0.05, 0) is 50.6 Å². The maximum Gasteiger partial charge on any atom is 0.338 e. The lowest BCUT2D eigenvalue weighted by Crippen LogP contribution is -2.07. The molecule has 0 aromatic heterocycles. The van der Waals surface area contributed by atoms with Crippen LogP contribution >= 0.6 is 0 Å². The second kappa shape index (κ2) is 9.93. The average molecular weight is 356 g/mol. The van der Waals surface area contributed by atoms with E-state index in [0.717, 1.165) is 6.07 Å². The molecule has 2 aromatic rings. The van der Waals surface area contributed by atoms with E-state index in [1.165, 1.54) is 17.7 Å². The van der Waals surface area contributed by atoms with Gasteiger partial charge in [-0.15, -0.1) is 6.58 Å². The van der Waals surface area contributed by atoms with Gasteiger partial charge in [-0.3, -0.25) is 4.79 Å². The van der Waals surface area contributed by atoms with Crippen molar-refractivity contribution in [3.63, 3.8) is 0 Å². The number of benzene rings is 2. The molecule has 0 spiro atoms. The van der Waals surface area contributed by atoms with Gasteiger partial charge in [-0.2, -0.15) is 0 Å². The van der Waals surface area contributed by atoms with Crippen LogP contribution in [0.5, 0.6) is 11.5 Å². The molecule has 0 aliphatic rings. The van der Waals surface area contributed by atoms with Gasteiger partial charge in [0.25, 0.3) is 6.47 Å². The van der Waals surface area contributed by atoms with Crippen molar-refractivity contribution in [2.24, 2.45) is 0 Å². The van der Waals surface area contributed by atoms with Crippen LogP contribution in [0.1, 0.15) is 20.8 Å². The minimum Gasteiger partial charge on any atom is -0.429 e. The minimum atomic E-state index is -0.522. The number of ether oxygens (including phenoxy) is 2. The van der Waals surface area contributed by atoms with Gasteiger partial charge in [0.05, 0.1) is 0 Å². The van der Waals surface area contributed by atoms with E-state index < -0.39 is 11.8 Å². The third kappa shape index (κ3) is 6.73. The number of hydrogen-bond acceptors (Lipinski definition) is 4. The Morgan fingerprint density at radius 2 is 1.54 bits per heavy atom. The zero-order chi connectivity index (χ0) is 19.7. The minimum absolute atomic E-state index is 0.128. The molecule has 136 valence electrons. The number of allylic oxidation sites excluding steroid dienone is 1. The molecule has 4 nitrogen and oxygen atoms in total. The second-order valence-electron chi connectivity index (χ2n) is 5.76. The van der Waals surface area contributed by atoms with Gasteiger partial charge in [0.2, 0.25) is 0 Å². The summed E-state index contributed by atoms with van der Waals surface area (Å²) < 4.78 is 23.6. The maximum atomic E-state index is 14.0. The van der Waals surface area contributed by atoms with E-state index in [1.807, 2.05) is 13.8 Å². The monoisotopic (exact) mass is 356 g/mol. The highest BCUT2D eigenvalue weighted by atomic mass is 19.1. The molecule has 26 heavy (non-hydrogen) atoms. The Hall–Kier alpha value is -3.21. The number of carbonyl (C=O) groups is 2. The molecule has 2 rings (SSSR count). The first-order chi connectivity index (χ1) is 12.2. The fourth-order valence-corrected chi connectivity index (χ4v) is 1.76. The molecule has 0 aliphatic heterocycles. The van der Waals surface area contributed by atoms with E-state index in [-0.39, 0.29) is 12.2 Å². The van der Waals surface area contributed by atoms with Crippen LogP contribution in [0.25, 0.3) is 11.1 Å². The van der Waals surface area contributed by atoms with Gasteiger partial charge in [0, 0.05) is 17.2 Å². The van der Waals surface area contributed by atoms with Crippen molar-refractivity contribution in [1.29, 1.82) is 0 Å². The van der Waals surface area contributed by atoms with Crippen molar-refractivity contribution in [1.82, 2.24) is 0 Å². The molecule has 0 bridgehead atoms. The third-order valence-electron chi connectivity index (χ3n) is 2.85. The zero-order valence-electron chi connectivity index (χ0n) is 15.0. The number of halogens is 1. The van der Waals surface area contributed by atoms with Crippen LogP contribution in [-0.4, -0.2) is 12.4 Å². The predicted octanol–water partition coefficient (Wildman–Crippen LogP) is 5.09. The largest absolute Gasteiger partial charge is 0.429 e. The fourth-order valence-electron chi connectivity index (χ4n) is 1.76. The normalized spacial score (nSPS) is 9.38. The van der Waals surface area contributed by atoms with Crippen LogP contribution in [0, 0.1) is 5.82 Å². The molecular formula is C21H21FO4. The molecule has 0 saturated heterocycles. The van der Waals surface area contributed by atoms with Gasteiger partial charge in [0.1, 0.15) is 17.3 Å². The second-order valence-corrected chi connectivity index (χ2v) is 5.76. The van der Waals surface area contributed by atoms with E-state index in [2.05, 4.69) is 17.9 Å². The van der Waals surface area contributed by atoms with Gasteiger partial charge in [-0.1, -0.05) is 24.3 Å². The van der Waals surface area contributed by atoms with Crippen molar-refractivity contribution in [2.45, 2.75) is 20.8 Å². The molecular weight excluding hydrogens is 335 g/mol. The molecule has 0 heterocycles. The highest BCUT2D eigenvalue weighted by molar-refractivity contribution is 5.88. The quantitative estimate of drug-likeness (QED) is 0.246. The van der Waals surface area contributed by atoms with Gasteiger partial charge in [-0.25, -0.2) is 9.18 Å². The maximum absolute atomic E-state index is 14.0. The third-order valence-corrected chi connectivity index (χ3v) is 2.85. The lowest BCUT2D eigenvalue weighted by Gasteiger charge is -2.07. The molecule has 0 amide bonds. The fraction of sp³-hybridized carbons (Fsp3) is 0.143. The lowest BCUT2D eigenvalue weighted by molar-refractivity contribution is -0.130. The van der Waals surface area contributed by atoms with E-state index in [1.54, 1.807) is 31.2 Å². The summed E-state index contributed by atoms with van der Waals surface area (Å²) in [7, 11) is 0. The van der Waals surface area contributed by atoms with Gasteiger partial charge in [0.15, 0.2) is 0 Å². The summed E-state index contributed by atoms with van der Waals surface area (Å²) in [4.78, 5) is 21.6. The first-order valence-corrected chi connectivity index (χ1v) is 7.74. The number of rotatable bonds is 5. The summed E-state index contributed by atoms with van der Waals surface area (Å²) in [5, 5.41) is 0. The molecule has 0 unspecified atom stereocenters. The molecule has 0 N–H and O–H groups in total. The lowest BCUT2D eigenvalue weighted by atomic mass is 10.0. The predicted molar refractivity (Wildman–Crippen MR) is 99.5 cm³/mol. The van der Waals surface area contributed by atoms with Gasteiger partial charge >= 0.3 is 5.97 Å². The van der Waals surface area contributed by atoms with Crippen molar-refractivity contribution < 1.29 is 23.5 Å². The van der Waals surface area contributed by atoms with Gasteiger partial charge < -0.3 is 9.47 Å². The zero-order valence-corrected chi connectivity index (χ0v) is 15.0. The molecule has 2 aromatic carbocycles. The molecule has 0 aliphatic carbocycles. The smallest absolute Gasteiger partial charge is 0.338 e. The Kier molecular flexibility index (Phi) is 7.96. The van der Waals surface area contributed by atoms with Crippen LogP contribution in [0.3, 0.4) is 0 Å². The SMILES string of the molecule is C=C(C)C.C=C(C)C(=O)Oc1ccc(-c2ccc(OC=O)cc2F)cc1. The summed E-state index contributed by atoms with van der Waals surface area (Å²) in [6, 6.07) is 10.5. The highest BCUT2D eigenvalue weighted by Gasteiger charge is 2.09. The Labute approximate surface area is 152 Å². The summed E-state index contributed by atoms with van der Waals surface area (Å²) in [5.74, 6) is -0.568. The summed E-state index contributed by atoms with van der Waals surface area (Å²) in [6.07, 6.45) is 0. The Bertz CT molecular complexity index is 803. The van der Waals surface area contributed by atoms with Crippen LogP contribution in [0.15, 0.2) is 66.8 Å². The van der Waals surface area contributed by atoms with Crippen molar-refractivity contribution in [3.8, 4) is 22.6 Å². The van der Waals surface area contributed by atoms with Crippen molar-refractivity contribution >= 4 is 12.4 Å². The van der Waals surface area contributed by atoms with E-state index in [4.69, 9.17) is 4.74 Å². The molecule has 5 heteroatoms. The first-order valence-electron chi connectivity index (χ1n) is 7.74. The molecule has 0 fully saturated rings. The van der Waals surface area contributed by atoms with E-state index in [9.17, 15) is 14.0 Å². The van der Waals surface area contributed by atoms with Crippen molar-refractivity contribution in [2.75, 3.05) is 0 Å². The van der Waals surface area contributed by atoms with E-state index >= 15 is 0 Å². The average Bonchev–Trinajstić information content (AvgIpc) is 2.55. The Balaban J connectivity index is 0.000000765. The molecule has 0 radical (unpaired) electrons. The number of hydrogen-bond donors (Lipinski definition) is 0. The van der Waals surface area contributed by atoms with E-state index in [0.29, 0.717) is 22.4 Å². The van der Waals surface area contributed by atoms with Crippen LogP contribution < -0.4 is 9.47 Å². The highest BCUT2D eigenvalue weighted by Crippen LogP contribution is 2.27. The molecule has 0 atom stereocenters. The van der Waals surface area contributed by atoms with Crippen LogP contribution in [0.2, 0.25) is 0 Å². The van der Waals surface area contributed by atoms with Crippen molar-refractivity contribution in [3.05, 3.63) is 72.6 Å². The first kappa shape index (κ1) is 20.8. The number of esters is 1. The Morgan fingerprint density at radius 1 is 1.00 bits per heavy atom. The van der Waals surface area contributed by atoms with Crippen LogP contribution in [-0.2, 0) is 9.59 Å².